The van der Waals surface area contributed by atoms with Gasteiger partial charge in [0.15, 0.2) is 0 Å². The fraction of sp³-hybridized carbons (Fsp3) is 0. The van der Waals surface area contributed by atoms with Crippen LogP contribution in [0.15, 0.2) is 70.6 Å². The number of para-hydroxylation sites is 1. The van der Waals surface area contributed by atoms with Crippen LogP contribution in [-0.2, 0) is 9.84 Å². The van der Waals surface area contributed by atoms with Gasteiger partial charge in [-0.05, 0) is 18.2 Å². The van der Waals surface area contributed by atoms with Crippen molar-refractivity contribution in [3.8, 4) is 0 Å². The normalized spacial score (nSPS) is 11.8. The first-order valence-corrected chi connectivity index (χ1v) is 7.04. The summed E-state index contributed by atoms with van der Waals surface area (Å²) in [4.78, 5) is 3.62. The van der Waals surface area contributed by atoms with Gasteiger partial charge >= 0.3 is 0 Å². The molecule has 0 amide bonds. The van der Waals surface area contributed by atoms with Gasteiger partial charge in [-0.1, -0.05) is 36.4 Å². The van der Waals surface area contributed by atoms with Crippen molar-refractivity contribution in [2.75, 3.05) is 0 Å². The van der Waals surface area contributed by atoms with E-state index in [0.29, 0.717) is 9.79 Å². The van der Waals surface area contributed by atoms with Crippen LogP contribution in [0.2, 0.25) is 0 Å². The smallest absolute Gasteiger partial charge is 0.208 e. The Balaban J connectivity index is 2.27. The van der Waals surface area contributed by atoms with Crippen LogP contribution in [0.1, 0.15) is 0 Å². The van der Waals surface area contributed by atoms with Crippen LogP contribution in [-0.4, -0.2) is 13.4 Å². The number of aromatic amines is 1. The van der Waals surface area contributed by atoms with Gasteiger partial charge in [0.25, 0.3) is 0 Å². The first-order chi connectivity index (χ1) is 8.69. The Morgan fingerprint density at radius 2 is 1.50 bits per heavy atom. The average molecular weight is 257 g/mol. The van der Waals surface area contributed by atoms with E-state index < -0.39 is 9.84 Å². The Labute approximate surface area is 105 Å². The van der Waals surface area contributed by atoms with E-state index in [1.807, 2.05) is 24.3 Å². The first-order valence-electron chi connectivity index (χ1n) is 5.56. The molecule has 3 nitrogen and oxygen atoms in total. The van der Waals surface area contributed by atoms with E-state index in [1.165, 1.54) is 0 Å². The predicted molar refractivity (Wildman–Crippen MR) is 70.2 cm³/mol. The molecule has 0 fully saturated rings. The zero-order valence-electron chi connectivity index (χ0n) is 9.50. The Morgan fingerprint density at radius 1 is 0.833 bits per heavy atom. The average Bonchev–Trinajstić information content (AvgIpc) is 2.84. The largest absolute Gasteiger partial charge is 0.360 e. The summed E-state index contributed by atoms with van der Waals surface area (Å²) < 4.78 is 25.0. The molecule has 1 aromatic heterocycles. The summed E-state index contributed by atoms with van der Waals surface area (Å²) in [5.41, 5.74) is 0.826. The number of fused-ring (bicyclic) bond motifs is 1. The van der Waals surface area contributed by atoms with Crippen molar-refractivity contribution in [3.05, 3.63) is 60.8 Å². The molecule has 0 bridgehead atoms. The quantitative estimate of drug-likeness (QED) is 0.767. The molecule has 0 unspecified atom stereocenters. The van der Waals surface area contributed by atoms with Crippen LogP contribution in [0.5, 0.6) is 0 Å². The van der Waals surface area contributed by atoms with E-state index >= 15 is 0 Å². The lowest BCUT2D eigenvalue weighted by molar-refractivity contribution is 0.597. The van der Waals surface area contributed by atoms with Gasteiger partial charge in [0.05, 0.1) is 9.79 Å². The van der Waals surface area contributed by atoms with Crippen LogP contribution in [0, 0.1) is 0 Å². The molecule has 3 aromatic rings. The number of sulfone groups is 1. The van der Waals surface area contributed by atoms with E-state index in [2.05, 4.69) is 4.98 Å². The van der Waals surface area contributed by atoms with Crippen molar-refractivity contribution in [2.45, 2.75) is 9.79 Å². The molecule has 0 radical (unpaired) electrons. The highest BCUT2D eigenvalue weighted by Gasteiger charge is 2.20. The van der Waals surface area contributed by atoms with Crippen molar-refractivity contribution < 1.29 is 8.42 Å². The molecule has 0 atom stereocenters. The van der Waals surface area contributed by atoms with Gasteiger partial charge in [0.1, 0.15) is 0 Å². The monoisotopic (exact) mass is 257 g/mol. The fourth-order valence-corrected chi connectivity index (χ4v) is 3.44. The molecule has 0 aliphatic heterocycles. The lowest BCUT2D eigenvalue weighted by atomic mass is 10.2. The molecular weight excluding hydrogens is 246 g/mol. The number of rotatable bonds is 2. The summed E-state index contributed by atoms with van der Waals surface area (Å²) >= 11 is 0. The predicted octanol–water partition coefficient (Wildman–Crippen LogP) is 3.00. The molecule has 3 rings (SSSR count). The molecule has 2 aromatic carbocycles. The number of nitrogens with one attached hydrogen (secondary N) is 1. The Hall–Kier alpha value is -2.07. The molecular formula is C14H11NO2S. The van der Waals surface area contributed by atoms with Gasteiger partial charge in [0, 0.05) is 17.1 Å². The van der Waals surface area contributed by atoms with Gasteiger partial charge in [0.2, 0.25) is 9.84 Å². The topological polar surface area (TPSA) is 49.9 Å². The van der Waals surface area contributed by atoms with E-state index in [-0.39, 0.29) is 0 Å². The summed E-state index contributed by atoms with van der Waals surface area (Å²) in [7, 11) is -3.45. The number of aromatic nitrogens is 1. The Kier molecular flexibility index (Phi) is 2.45. The van der Waals surface area contributed by atoms with Crippen LogP contribution < -0.4 is 0 Å². The fourth-order valence-electron chi connectivity index (χ4n) is 1.99. The van der Waals surface area contributed by atoms with Crippen molar-refractivity contribution >= 4 is 20.7 Å². The van der Waals surface area contributed by atoms with Crippen LogP contribution in [0.3, 0.4) is 0 Å². The van der Waals surface area contributed by atoms with Crippen molar-refractivity contribution in [2.24, 2.45) is 0 Å². The second kappa shape index (κ2) is 3.99. The molecule has 0 aliphatic carbocycles. The number of hydrogen-bond acceptors (Lipinski definition) is 2. The minimum Gasteiger partial charge on any atom is -0.360 e. The van der Waals surface area contributed by atoms with Gasteiger partial charge in [-0.15, -0.1) is 0 Å². The van der Waals surface area contributed by atoms with E-state index in [1.54, 1.807) is 36.5 Å². The third-order valence-corrected chi connectivity index (χ3v) is 4.70. The first kappa shape index (κ1) is 11.0. The van der Waals surface area contributed by atoms with Gasteiger partial charge in [-0.25, -0.2) is 8.42 Å². The van der Waals surface area contributed by atoms with Crippen molar-refractivity contribution in [3.63, 3.8) is 0 Å². The number of hydrogen-bond donors (Lipinski definition) is 1. The summed E-state index contributed by atoms with van der Waals surface area (Å²) in [6.45, 7) is 0. The van der Waals surface area contributed by atoms with Crippen LogP contribution in [0.25, 0.3) is 10.9 Å². The minimum absolute atomic E-state index is 0.315. The standard InChI is InChI=1S/C14H11NO2S/c16-18(17,11-6-2-1-3-7-11)14-10-15-13-9-5-4-8-12(13)14/h1-10,15H. The minimum atomic E-state index is -3.45. The number of H-pyrrole nitrogens is 1. The maximum absolute atomic E-state index is 12.5. The van der Waals surface area contributed by atoms with Crippen molar-refractivity contribution in [1.29, 1.82) is 0 Å². The van der Waals surface area contributed by atoms with E-state index in [0.717, 1.165) is 10.9 Å². The third kappa shape index (κ3) is 1.62. The van der Waals surface area contributed by atoms with Crippen molar-refractivity contribution in [1.82, 2.24) is 4.98 Å². The highest BCUT2D eigenvalue weighted by Crippen LogP contribution is 2.27. The summed E-state index contributed by atoms with van der Waals surface area (Å²) in [5.74, 6) is 0. The second-order valence-corrected chi connectivity index (χ2v) is 5.93. The molecule has 18 heavy (non-hydrogen) atoms. The van der Waals surface area contributed by atoms with E-state index in [9.17, 15) is 8.42 Å². The zero-order valence-corrected chi connectivity index (χ0v) is 10.3. The molecule has 0 saturated carbocycles. The number of benzene rings is 2. The lowest BCUT2D eigenvalue weighted by Gasteiger charge is -2.02. The molecule has 90 valence electrons. The Morgan fingerprint density at radius 3 is 2.28 bits per heavy atom. The molecule has 4 heteroatoms. The van der Waals surface area contributed by atoms with Crippen LogP contribution >= 0.6 is 0 Å². The summed E-state index contributed by atoms with van der Waals surface area (Å²) in [6.07, 6.45) is 1.55. The maximum atomic E-state index is 12.5. The summed E-state index contributed by atoms with van der Waals surface area (Å²) in [6, 6.07) is 15.8. The third-order valence-electron chi connectivity index (χ3n) is 2.89. The second-order valence-electron chi connectivity index (χ2n) is 4.01. The lowest BCUT2D eigenvalue weighted by Crippen LogP contribution is -2.00. The molecule has 0 spiro atoms. The van der Waals surface area contributed by atoms with Gasteiger partial charge in [-0.3, -0.25) is 0 Å². The maximum Gasteiger partial charge on any atom is 0.208 e. The summed E-state index contributed by atoms with van der Waals surface area (Å²) in [5, 5.41) is 0.723. The van der Waals surface area contributed by atoms with Gasteiger partial charge in [-0.2, -0.15) is 0 Å². The van der Waals surface area contributed by atoms with Gasteiger partial charge < -0.3 is 4.98 Å². The molecule has 1 N–H and O–H groups in total. The van der Waals surface area contributed by atoms with Crippen LogP contribution in [0.4, 0.5) is 0 Å². The van der Waals surface area contributed by atoms with E-state index in [4.69, 9.17) is 0 Å². The molecule has 1 heterocycles. The Bertz CT molecular complexity index is 789. The molecule has 0 aliphatic rings. The molecule has 0 saturated heterocycles. The zero-order chi connectivity index (χ0) is 12.6. The SMILES string of the molecule is O=S(=O)(c1ccccc1)c1c[nH]c2ccccc12. The highest BCUT2D eigenvalue weighted by atomic mass is 32.2. The highest BCUT2D eigenvalue weighted by molar-refractivity contribution is 7.91.